The lowest BCUT2D eigenvalue weighted by atomic mass is 10.1. The van der Waals surface area contributed by atoms with Crippen molar-refractivity contribution in [3.8, 4) is 0 Å². The van der Waals surface area contributed by atoms with Gasteiger partial charge in [0, 0.05) is 17.0 Å². The molecule has 0 unspecified atom stereocenters. The number of aryl methyl sites for hydroxylation is 2. The molecule has 2 aromatic carbocycles. The smallest absolute Gasteiger partial charge is 0.261 e. The minimum atomic E-state index is -3.79. The second kappa shape index (κ2) is 6.51. The highest BCUT2D eigenvalue weighted by atomic mass is 35.5. The summed E-state index contributed by atoms with van der Waals surface area (Å²) in [6.45, 7) is 4.51. The molecule has 0 spiro atoms. The summed E-state index contributed by atoms with van der Waals surface area (Å²) in [4.78, 5) is 4.85. The first kappa shape index (κ1) is 17.8. The van der Waals surface area contributed by atoms with Crippen LogP contribution >= 0.6 is 11.6 Å². The number of hydrogen-bond donors (Lipinski definition) is 1. The van der Waals surface area contributed by atoms with Gasteiger partial charge in [-0.3, -0.25) is 4.72 Å². The van der Waals surface area contributed by atoms with E-state index in [1.165, 1.54) is 24.3 Å². The van der Waals surface area contributed by atoms with Gasteiger partial charge in [0.25, 0.3) is 10.0 Å². The Balaban J connectivity index is 1.87. The Kier molecular flexibility index (Phi) is 4.28. The minimum Gasteiger partial charge on any atom is -0.261 e. The van der Waals surface area contributed by atoms with E-state index in [4.69, 9.17) is 16.6 Å². The average Bonchev–Trinajstić information content (AvgIpc) is 2.97. The van der Waals surface area contributed by atoms with Crippen molar-refractivity contribution in [2.24, 2.45) is 0 Å². The Labute approximate surface area is 161 Å². The van der Waals surface area contributed by atoms with Crippen molar-refractivity contribution in [3.05, 3.63) is 59.1 Å². The summed E-state index contributed by atoms with van der Waals surface area (Å²) in [6.07, 6.45) is 0. The molecule has 0 fully saturated rings. The van der Waals surface area contributed by atoms with Gasteiger partial charge in [-0.25, -0.2) is 18.1 Å². The lowest BCUT2D eigenvalue weighted by Gasteiger charge is -2.06. The van der Waals surface area contributed by atoms with Gasteiger partial charge >= 0.3 is 0 Å². The van der Waals surface area contributed by atoms with Gasteiger partial charge in [-0.2, -0.15) is 5.10 Å². The number of rotatable bonds is 4. The van der Waals surface area contributed by atoms with Gasteiger partial charge in [-0.15, -0.1) is 0 Å². The third-order valence-corrected chi connectivity index (χ3v) is 6.01. The molecule has 0 saturated heterocycles. The highest BCUT2D eigenvalue weighted by Gasteiger charge is 2.20. The second-order valence-electron chi connectivity index (χ2n) is 6.23. The van der Waals surface area contributed by atoms with E-state index in [-0.39, 0.29) is 10.7 Å². The zero-order valence-corrected chi connectivity index (χ0v) is 16.3. The van der Waals surface area contributed by atoms with E-state index in [2.05, 4.69) is 9.82 Å². The maximum atomic E-state index is 12.7. The van der Waals surface area contributed by atoms with E-state index in [0.29, 0.717) is 22.6 Å². The van der Waals surface area contributed by atoms with Gasteiger partial charge in [0.15, 0.2) is 11.5 Å². The third-order valence-electron chi connectivity index (χ3n) is 4.40. The maximum absolute atomic E-state index is 12.7. The van der Waals surface area contributed by atoms with Gasteiger partial charge < -0.3 is 0 Å². The molecule has 0 aliphatic rings. The highest BCUT2D eigenvalue weighted by molar-refractivity contribution is 7.92. The van der Waals surface area contributed by atoms with Crippen LogP contribution in [0.25, 0.3) is 21.9 Å². The first-order chi connectivity index (χ1) is 12.9. The summed E-state index contributed by atoms with van der Waals surface area (Å²) in [6, 6.07) is 13.8. The topological polar surface area (TPSA) is 76.9 Å². The maximum Gasteiger partial charge on any atom is 0.263 e. The molecule has 138 valence electrons. The van der Waals surface area contributed by atoms with Gasteiger partial charge in [0.05, 0.1) is 15.8 Å². The number of halogens is 1. The molecule has 27 heavy (non-hydrogen) atoms. The molecule has 2 heterocycles. The minimum absolute atomic E-state index is 0.121. The number of benzene rings is 2. The molecule has 0 radical (unpaired) electrons. The third kappa shape index (κ3) is 3.13. The zero-order valence-electron chi connectivity index (χ0n) is 14.8. The standard InChI is InChI=1S/C19H17ClN4O2S/c1-3-24-19-16(11-13-6-4-5-12(2)17(13)21-19)18(22-24)23-27(25,26)15-9-7-14(20)8-10-15/h4-11H,3H2,1-2H3,(H,22,23). The second-order valence-corrected chi connectivity index (χ2v) is 8.35. The predicted octanol–water partition coefficient (Wildman–Crippen LogP) is 4.37. The largest absolute Gasteiger partial charge is 0.263 e. The van der Waals surface area contributed by atoms with E-state index in [9.17, 15) is 8.42 Å². The van der Waals surface area contributed by atoms with Gasteiger partial charge in [0.2, 0.25) is 0 Å². The molecular formula is C19H17ClN4O2S. The number of fused-ring (bicyclic) bond motifs is 2. The van der Waals surface area contributed by atoms with Crippen LogP contribution in [0, 0.1) is 6.92 Å². The SMILES string of the molecule is CCn1nc(NS(=O)(=O)c2ccc(Cl)cc2)c2cc3cccc(C)c3nc21. The van der Waals surface area contributed by atoms with Crippen molar-refractivity contribution < 1.29 is 8.42 Å². The Morgan fingerprint density at radius 3 is 2.59 bits per heavy atom. The summed E-state index contributed by atoms with van der Waals surface area (Å²) in [7, 11) is -3.79. The number of anilines is 1. The molecule has 0 aliphatic heterocycles. The molecule has 0 amide bonds. The number of aromatic nitrogens is 3. The van der Waals surface area contributed by atoms with Crippen LogP contribution in [0.4, 0.5) is 5.82 Å². The Morgan fingerprint density at radius 1 is 1.15 bits per heavy atom. The summed E-state index contributed by atoms with van der Waals surface area (Å²) < 4.78 is 29.8. The van der Waals surface area contributed by atoms with Crippen molar-refractivity contribution in [3.63, 3.8) is 0 Å². The monoisotopic (exact) mass is 400 g/mol. The summed E-state index contributed by atoms with van der Waals surface area (Å²) >= 11 is 5.85. The van der Waals surface area contributed by atoms with Crippen LogP contribution in [0.15, 0.2) is 53.4 Å². The number of para-hydroxylation sites is 1. The van der Waals surface area contributed by atoms with Gasteiger partial charge in [0.1, 0.15) is 0 Å². The fraction of sp³-hybridized carbons (Fsp3) is 0.158. The molecule has 0 saturated carbocycles. The van der Waals surface area contributed by atoms with Crippen LogP contribution in [-0.4, -0.2) is 23.2 Å². The van der Waals surface area contributed by atoms with Gasteiger partial charge in [-0.05, 0) is 49.7 Å². The number of hydrogen-bond acceptors (Lipinski definition) is 4. The summed E-state index contributed by atoms with van der Waals surface area (Å²) in [5, 5.41) is 6.49. The fourth-order valence-corrected chi connectivity index (χ4v) is 4.17. The van der Waals surface area contributed by atoms with Crippen LogP contribution in [0.2, 0.25) is 5.02 Å². The molecule has 0 aliphatic carbocycles. The summed E-state index contributed by atoms with van der Waals surface area (Å²) in [5.41, 5.74) is 2.58. The molecule has 2 aromatic heterocycles. The van der Waals surface area contributed by atoms with Crippen molar-refractivity contribution in [2.45, 2.75) is 25.3 Å². The Hall–Kier alpha value is -2.64. The number of nitrogens with one attached hydrogen (secondary N) is 1. The lowest BCUT2D eigenvalue weighted by molar-refractivity contribution is 0.600. The predicted molar refractivity (Wildman–Crippen MR) is 108 cm³/mol. The number of sulfonamides is 1. The number of nitrogens with zero attached hydrogens (tertiary/aromatic N) is 3. The highest BCUT2D eigenvalue weighted by Crippen LogP contribution is 2.29. The molecule has 0 bridgehead atoms. The van der Waals surface area contributed by atoms with Crippen LogP contribution in [0.5, 0.6) is 0 Å². The van der Waals surface area contributed by atoms with Crippen molar-refractivity contribution >= 4 is 49.4 Å². The van der Waals surface area contributed by atoms with Crippen molar-refractivity contribution in [1.29, 1.82) is 0 Å². The van der Waals surface area contributed by atoms with Crippen LogP contribution < -0.4 is 4.72 Å². The first-order valence-electron chi connectivity index (χ1n) is 8.44. The van der Waals surface area contributed by atoms with E-state index in [0.717, 1.165) is 16.5 Å². The Bertz CT molecular complexity index is 1260. The van der Waals surface area contributed by atoms with Crippen LogP contribution in [-0.2, 0) is 16.6 Å². The first-order valence-corrected chi connectivity index (χ1v) is 10.3. The molecule has 1 N–H and O–H groups in total. The van der Waals surface area contributed by atoms with E-state index in [1.54, 1.807) is 4.68 Å². The molecular weight excluding hydrogens is 384 g/mol. The molecule has 8 heteroatoms. The molecule has 6 nitrogen and oxygen atoms in total. The quantitative estimate of drug-likeness (QED) is 0.552. The van der Waals surface area contributed by atoms with Gasteiger partial charge in [-0.1, -0.05) is 29.8 Å². The van der Waals surface area contributed by atoms with E-state index in [1.807, 2.05) is 38.1 Å². The normalized spacial score (nSPS) is 12.0. The fourth-order valence-electron chi connectivity index (χ4n) is 3.03. The van der Waals surface area contributed by atoms with E-state index >= 15 is 0 Å². The molecule has 0 atom stereocenters. The lowest BCUT2D eigenvalue weighted by Crippen LogP contribution is -2.13. The molecule has 4 aromatic rings. The van der Waals surface area contributed by atoms with Crippen LogP contribution in [0.3, 0.4) is 0 Å². The van der Waals surface area contributed by atoms with Crippen molar-refractivity contribution in [2.75, 3.05) is 4.72 Å². The zero-order chi connectivity index (χ0) is 19.2. The molecule has 4 rings (SSSR count). The number of pyridine rings is 1. The van der Waals surface area contributed by atoms with Crippen LogP contribution in [0.1, 0.15) is 12.5 Å². The Morgan fingerprint density at radius 2 is 1.89 bits per heavy atom. The van der Waals surface area contributed by atoms with Crippen molar-refractivity contribution in [1.82, 2.24) is 14.8 Å². The average molecular weight is 401 g/mol. The van der Waals surface area contributed by atoms with E-state index < -0.39 is 10.0 Å². The summed E-state index contributed by atoms with van der Waals surface area (Å²) in [5.74, 6) is 0.262.